The molecule has 0 radical (unpaired) electrons. The van der Waals surface area contributed by atoms with Gasteiger partial charge in [0.05, 0.1) is 24.8 Å². The minimum atomic E-state index is -0.332. The molecule has 0 aliphatic carbocycles. The van der Waals surface area contributed by atoms with Crippen molar-refractivity contribution in [3.05, 3.63) is 58.8 Å². The second-order valence-corrected chi connectivity index (χ2v) is 6.10. The lowest BCUT2D eigenvalue weighted by Crippen LogP contribution is -2.19. The number of amides is 1. The Labute approximate surface area is 148 Å². The summed E-state index contributed by atoms with van der Waals surface area (Å²) in [6.07, 6.45) is 1.75. The Morgan fingerprint density at radius 1 is 1.08 bits per heavy atom. The summed E-state index contributed by atoms with van der Waals surface area (Å²) >= 11 is 1.22. The van der Waals surface area contributed by atoms with E-state index in [2.05, 4.69) is 10.3 Å². The number of carbonyl (C=O) groups excluding carboxylic acids is 1. The van der Waals surface area contributed by atoms with Crippen molar-refractivity contribution in [1.29, 1.82) is 0 Å². The number of carbonyl (C=O) groups is 1. The molecule has 1 amide bonds. The fourth-order valence-corrected chi connectivity index (χ4v) is 3.05. The number of thioether (sulfide) groups is 1. The summed E-state index contributed by atoms with van der Waals surface area (Å²) in [7, 11) is 3.12. The van der Waals surface area contributed by atoms with Gasteiger partial charge in [0.15, 0.2) is 16.7 Å². The van der Waals surface area contributed by atoms with Crippen LogP contribution in [-0.4, -0.2) is 25.3 Å². The highest BCUT2D eigenvalue weighted by Crippen LogP contribution is 2.32. The molecule has 1 heterocycles. The van der Waals surface area contributed by atoms with E-state index in [0.29, 0.717) is 27.3 Å². The van der Waals surface area contributed by atoms with Crippen LogP contribution < -0.4 is 14.8 Å². The quantitative estimate of drug-likeness (QED) is 0.846. The molecule has 7 heteroatoms. The molecule has 1 fully saturated rings. The smallest absolute Gasteiger partial charge is 0.264 e. The van der Waals surface area contributed by atoms with Crippen LogP contribution in [-0.2, 0) is 4.79 Å². The fourth-order valence-electron chi connectivity index (χ4n) is 2.21. The lowest BCUT2D eigenvalue weighted by Gasteiger charge is -2.07. The zero-order valence-electron chi connectivity index (χ0n) is 13.6. The molecule has 0 unspecified atom stereocenters. The van der Waals surface area contributed by atoms with Gasteiger partial charge in [-0.1, -0.05) is 6.07 Å². The predicted octanol–water partition coefficient (Wildman–Crippen LogP) is 3.73. The predicted molar refractivity (Wildman–Crippen MR) is 96.8 cm³/mol. The van der Waals surface area contributed by atoms with Crippen LogP contribution in [0.25, 0.3) is 6.08 Å². The third-order valence-electron chi connectivity index (χ3n) is 3.41. The topological polar surface area (TPSA) is 59.9 Å². The van der Waals surface area contributed by atoms with Gasteiger partial charge in [-0.15, -0.1) is 0 Å². The largest absolute Gasteiger partial charge is 0.493 e. The highest BCUT2D eigenvalue weighted by molar-refractivity contribution is 8.18. The van der Waals surface area contributed by atoms with Crippen molar-refractivity contribution < 1.29 is 18.7 Å². The Hall–Kier alpha value is -2.80. The lowest BCUT2D eigenvalue weighted by molar-refractivity contribution is -0.115. The molecule has 1 N–H and O–H groups in total. The van der Waals surface area contributed by atoms with Crippen molar-refractivity contribution in [2.75, 3.05) is 14.2 Å². The molecule has 0 atom stereocenters. The molecule has 1 saturated heterocycles. The third-order valence-corrected chi connectivity index (χ3v) is 4.32. The van der Waals surface area contributed by atoms with Gasteiger partial charge >= 0.3 is 0 Å². The molecule has 5 nitrogen and oxygen atoms in total. The number of halogens is 1. The minimum absolute atomic E-state index is 0.236. The van der Waals surface area contributed by atoms with Crippen LogP contribution in [0.4, 0.5) is 10.1 Å². The van der Waals surface area contributed by atoms with Crippen molar-refractivity contribution in [3.8, 4) is 11.5 Å². The molecule has 2 aromatic carbocycles. The minimum Gasteiger partial charge on any atom is -0.493 e. The first-order chi connectivity index (χ1) is 12.1. The van der Waals surface area contributed by atoms with E-state index in [1.165, 1.54) is 23.9 Å². The number of benzene rings is 2. The van der Waals surface area contributed by atoms with Crippen LogP contribution >= 0.6 is 11.8 Å². The van der Waals surface area contributed by atoms with Crippen molar-refractivity contribution in [3.63, 3.8) is 0 Å². The van der Waals surface area contributed by atoms with Crippen molar-refractivity contribution in [1.82, 2.24) is 5.32 Å². The molecule has 0 spiro atoms. The lowest BCUT2D eigenvalue weighted by atomic mass is 10.2. The van der Waals surface area contributed by atoms with Crippen LogP contribution in [0.2, 0.25) is 0 Å². The van der Waals surface area contributed by atoms with Gasteiger partial charge < -0.3 is 14.8 Å². The zero-order chi connectivity index (χ0) is 17.8. The first kappa shape index (κ1) is 17.0. The standard InChI is InChI=1S/C18H15FN2O3S/c1-23-14-8-3-11(9-15(14)24-2)10-16-17(22)21-18(25-16)20-13-6-4-12(19)5-7-13/h3-10H,1-2H3,(H,20,21,22)/b16-10+. The second-order valence-electron chi connectivity index (χ2n) is 5.07. The van der Waals surface area contributed by atoms with Gasteiger partial charge in [0.1, 0.15) is 5.82 Å². The van der Waals surface area contributed by atoms with E-state index in [-0.39, 0.29) is 11.7 Å². The maximum absolute atomic E-state index is 12.9. The van der Waals surface area contributed by atoms with E-state index in [1.807, 2.05) is 6.07 Å². The Bertz CT molecular complexity index is 863. The summed E-state index contributed by atoms with van der Waals surface area (Å²) in [4.78, 5) is 16.9. The number of rotatable bonds is 4. The summed E-state index contributed by atoms with van der Waals surface area (Å²) in [5.74, 6) is 0.633. The molecule has 0 saturated carbocycles. The van der Waals surface area contributed by atoms with E-state index in [1.54, 1.807) is 44.6 Å². The normalized spacial score (nSPS) is 17.0. The van der Waals surface area contributed by atoms with Crippen LogP contribution in [0.3, 0.4) is 0 Å². The Morgan fingerprint density at radius 3 is 2.48 bits per heavy atom. The highest BCUT2D eigenvalue weighted by Gasteiger charge is 2.24. The Morgan fingerprint density at radius 2 is 1.80 bits per heavy atom. The first-order valence-corrected chi connectivity index (χ1v) is 8.18. The monoisotopic (exact) mass is 358 g/mol. The summed E-state index contributed by atoms with van der Waals surface area (Å²) in [5, 5.41) is 3.14. The zero-order valence-corrected chi connectivity index (χ0v) is 14.4. The Balaban J connectivity index is 1.83. The molecule has 0 bridgehead atoms. The Kier molecular flexibility index (Phi) is 5.04. The molecule has 2 aromatic rings. The molecule has 3 rings (SSSR count). The van der Waals surface area contributed by atoms with E-state index >= 15 is 0 Å². The number of aliphatic imine (C=N–C) groups is 1. The highest BCUT2D eigenvalue weighted by atomic mass is 32.2. The van der Waals surface area contributed by atoms with Gasteiger partial charge in [0.2, 0.25) is 0 Å². The van der Waals surface area contributed by atoms with Crippen LogP contribution in [0.1, 0.15) is 5.56 Å². The van der Waals surface area contributed by atoms with E-state index in [4.69, 9.17) is 9.47 Å². The summed E-state index contributed by atoms with van der Waals surface area (Å²) in [6, 6.07) is 11.1. The first-order valence-electron chi connectivity index (χ1n) is 7.36. The van der Waals surface area contributed by atoms with Crippen molar-refractivity contribution in [2.45, 2.75) is 0 Å². The van der Waals surface area contributed by atoms with E-state index in [0.717, 1.165) is 5.56 Å². The molecular formula is C18H15FN2O3S. The van der Waals surface area contributed by atoms with Crippen molar-refractivity contribution >= 4 is 34.6 Å². The van der Waals surface area contributed by atoms with E-state index < -0.39 is 0 Å². The third kappa shape index (κ3) is 4.00. The molecule has 1 aliphatic rings. The number of ether oxygens (including phenoxy) is 2. The number of nitrogens with one attached hydrogen (secondary N) is 1. The average Bonchev–Trinajstić information content (AvgIpc) is 2.96. The number of methoxy groups -OCH3 is 2. The summed E-state index contributed by atoms with van der Waals surface area (Å²) in [5.41, 5.74) is 1.37. The molecule has 1 aliphatic heterocycles. The van der Waals surface area contributed by atoms with Crippen LogP contribution in [0.5, 0.6) is 11.5 Å². The number of hydrogen-bond acceptors (Lipinski definition) is 5. The molecule has 128 valence electrons. The van der Waals surface area contributed by atoms with Gasteiger partial charge in [-0.3, -0.25) is 4.79 Å². The SMILES string of the molecule is COc1ccc(/C=C2/SC(=Nc3ccc(F)cc3)NC2=O)cc1OC. The summed E-state index contributed by atoms with van der Waals surface area (Å²) in [6.45, 7) is 0. The maximum Gasteiger partial charge on any atom is 0.264 e. The van der Waals surface area contributed by atoms with Gasteiger partial charge in [0.25, 0.3) is 5.91 Å². The molecular weight excluding hydrogens is 343 g/mol. The van der Waals surface area contributed by atoms with Crippen molar-refractivity contribution in [2.24, 2.45) is 4.99 Å². The molecule has 25 heavy (non-hydrogen) atoms. The molecule has 0 aromatic heterocycles. The number of nitrogens with zero attached hydrogens (tertiary/aromatic N) is 1. The van der Waals surface area contributed by atoms with Gasteiger partial charge in [-0.05, 0) is 59.8 Å². The second kappa shape index (κ2) is 7.40. The number of amidine groups is 1. The maximum atomic E-state index is 12.9. The average molecular weight is 358 g/mol. The van der Waals surface area contributed by atoms with Crippen LogP contribution in [0.15, 0.2) is 52.4 Å². The van der Waals surface area contributed by atoms with Crippen LogP contribution in [0, 0.1) is 5.82 Å². The summed E-state index contributed by atoms with van der Waals surface area (Å²) < 4.78 is 23.4. The van der Waals surface area contributed by atoms with Gasteiger partial charge in [0, 0.05) is 0 Å². The fraction of sp³-hybridized carbons (Fsp3) is 0.111. The van der Waals surface area contributed by atoms with Gasteiger partial charge in [-0.25, -0.2) is 9.38 Å². The van der Waals surface area contributed by atoms with E-state index in [9.17, 15) is 9.18 Å². The van der Waals surface area contributed by atoms with Gasteiger partial charge in [-0.2, -0.15) is 0 Å². The number of hydrogen-bond donors (Lipinski definition) is 1.